The molecular formula is C17H27N5O. The van der Waals surface area contributed by atoms with E-state index in [0.717, 1.165) is 57.2 Å². The molecule has 2 aliphatic heterocycles. The number of likely N-dealkylation sites (tertiary alicyclic amines) is 1. The fourth-order valence-electron chi connectivity index (χ4n) is 3.75. The molecule has 0 spiro atoms. The average Bonchev–Trinajstić information content (AvgIpc) is 2.90. The van der Waals surface area contributed by atoms with Crippen molar-refractivity contribution in [1.29, 1.82) is 0 Å². The van der Waals surface area contributed by atoms with Crippen molar-refractivity contribution in [3.8, 4) is 0 Å². The Kier molecular flexibility index (Phi) is 4.92. The van der Waals surface area contributed by atoms with Gasteiger partial charge in [-0.15, -0.1) is 0 Å². The van der Waals surface area contributed by atoms with Gasteiger partial charge in [-0.1, -0.05) is 6.92 Å². The molecule has 6 nitrogen and oxygen atoms in total. The minimum atomic E-state index is 0.198. The smallest absolute Gasteiger partial charge is 0.219 e. The normalized spacial score (nSPS) is 26.7. The Balaban J connectivity index is 1.54. The molecule has 0 N–H and O–H groups in total. The molecule has 2 atom stereocenters. The highest BCUT2D eigenvalue weighted by atomic mass is 16.2. The molecule has 6 heteroatoms. The zero-order valence-corrected chi connectivity index (χ0v) is 14.4. The molecule has 23 heavy (non-hydrogen) atoms. The largest absolute Gasteiger partial charge is 0.340 e. The van der Waals surface area contributed by atoms with E-state index in [0.29, 0.717) is 12.0 Å². The van der Waals surface area contributed by atoms with E-state index >= 15 is 0 Å². The zero-order chi connectivity index (χ0) is 16.4. The molecule has 2 saturated heterocycles. The highest BCUT2D eigenvalue weighted by molar-refractivity contribution is 5.73. The molecule has 0 bridgehead atoms. The molecule has 0 saturated carbocycles. The predicted molar refractivity (Wildman–Crippen MR) is 88.8 cm³/mol. The van der Waals surface area contributed by atoms with Gasteiger partial charge in [0.1, 0.15) is 0 Å². The van der Waals surface area contributed by atoms with Gasteiger partial charge in [-0.3, -0.25) is 24.6 Å². The summed E-state index contributed by atoms with van der Waals surface area (Å²) in [6.45, 7) is 12.7. The fraction of sp³-hybridized carbons (Fsp3) is 0.706. The topological polar surface area (TPSA) is 52.6 Å². The molecule has 0 unspecified atom stereocenters. The SMILES string of the molecule is CC(=O)N1CCN([C@@H]2CN(Cc3cnc(C)cn3)C[C@@H]2C)CC1. The second-order valence-electron chi connectivity index (χ2n) is 6.93. The molecule has 0 aromatic carbocycles. The number of carbonyl (C=O) groups excluding carboxylic acids is 1. The minimum absolute atomic E-state index is 0.198. The molecule has 3 rings (SSSR count). The summed E-state index contributed by atoms with van der Waals surface area (Å²) in [5.41, 5.74) is 2.01. The summed E-state index contributed by atoms with van der Waals surface area (Å²) in [5, 5.41) is 0. The van der Waals surface area contributed by atoms with Gasteiger partial charge in [0, 0.05) is 71.2 Å². The molecule has 2 aliphatic rings. The van der Waals surface area contributed by atoms with E-state index in [1.54, 1.807) is 6.92 Å². The van der Waals surface area contributed by atoms with E-state index in [9.17, 15) is 4.79 Å². The van der Waals surface area contributed by atoms with Crippen LogP contribution in [-0.4, -0.2) is 75.9 Å². The van der Waals surface area contributed by atoms with Crippen LogP contribution in [0.5, 0.6) is 0 Å². The quantitative estimate of drug-likeness (QED) is 0.824. The number of nitrogens with zero attached hydrogens (tertiary/aromatic N) is 5. The van der Waals surface area contributed by atoms with Crippen molar-refractivity contribution in [3.63, 3.8) is 0 Å². The summed E-state index contributed by atoms with van der Waals surface area (Å²) in [6.07, 6.45) is 3.73. The number of carbonyl (C=O) groups is 1. The first-order chi connectivity index (χ1) is 11.0. The van der Waals surface area contributed by atoms with Gasteiger partial charge < -0.3 is 4.90 Å². The molecule has 1 aromatic rings. The number of piperazine rings is 1. The Hall–Kier alpha value is -1.53. The average molecular weight is 317 g/mol. The summed E-state index contributed by atoms with van der Waals surface area (Å²) in [4.78, 5) is 27.3. The van der Waals surface area contributed by atoms with E-state index in [-0.39, 0.29) is 5.91 Å². The number of amides is 1. The van der Waals surface area contributed by atoms with Crippen LogP contribution in [0.25, 0.3) is 0 Å². The summed E-state index contributed by atoms with van der Waals surface area (Å²) in [5.74, 6) is 0.848. The van der Waals surface area contributed by atoms with Crippen LogP contribution in [-0.2, 0) is 11.3 Å². The highest BCUT2D eigenvalue weighted by Gasteiger charge is 2.35. The third-order valence-corrected chi connectivity index (χ3v) is 5.10. The predicted octanol–water partition coefficient (Wildman–Crippen LogP) is 0.769. The van der Waals surface area contributed by atoms with Crippen LogP contribution in [0.15, 0.2) is 12.4 Å². The third-order valence-electron chi connectivity index (χ3n) is 5.10. The molecule has 0 aliphatic carbocycles. The van der Waals surface area contributed by atoms with Crippen LogP contribution in [0.2, 0.25) is 0 Å². The number of rotatable bonds is 3. The van der Waals surface area contributed by atoms with Gasteiger partial charge in [0.05, 0.1) is 11.4 Å². The number of aromatic nitrogens is 2. The monoisotopic (exact) mass is 317 g/mol. The van der Waals surface area contributed by atoms with Crippen LogP contribution in [0.3, 0.4) is 0 Å². The number of aryl methyl sites for hydroxylation is 1. The Morgan fingerprint density at radius 1 is 1.17 bits per heavy atom. The van der Waals surface area contributed by atoms with Crippen LogP contribution < -0.4 is 0 Å². The van der Waals surface area contributed by atoms with E-state index in [4.69, 9.17) is 0 Å². The first kappa shape index (κ1) is 16.3. The van der Waals surface area contributed by atoms with Crippen molar-refractivity contribution in [2.24, 2.45) is 5.92 Å². The van der Waals surface area contributed by atoms with Crippen molar-refractivity contribution in [2.45, 2.75) is 33.4 Å². The lowest BCUT2D eigenvalue weighted by Gasteiger charge is -2.39. The third kappa shape index (κ3) is 3.87. The van der Waals surface area contributed by atoms with Crippen LogP contribution >= 0.6 is 0 Å². The van der Waals surface area contributed by atoms with Gasteiger partial charge in [-0.05, 0) is 12.8 Å². The highest BCUT2D eigenvalue weighted by Crippen LogP contribution is 2.24. The Morgan fingerprint density at radius 3 is 2.52 bits per heavy atom. The fourth-order valence-corrected chi connectivity index (χ4v) is 3.75. The first-order valence-corrected chi connectivity index (χ1v) is 8.52. The van der Waals surface area contributed by atoms with Gasteiger partial charge in [0.15, 0.2) is 0 Å². The van der Waals surface area contributed by atoms with Crippen LogP contribution in [0.1, 0.15) is 25.2 Å². The van der Waals surface area contributed by atoms with Crippen LogP contribution in [0, 0.1) is 12.8 Å². The minimum Gasteiger partial charge on any atom is -0.340 e. The lowest BCUT2D eigenvalue weighted by Crippen LogP contribution is -2.53. The first-order valence-electron chi connectivity index (χ1n) is 8.52. The van der Waals surface area contributed by atoms with Crippen molar-refractivity contribution < 1.29 is 4.79 Å². The van der Waals surface area contributed by atoms with E-state index in [1.807, 2.05) is 24.2 Å². The Morgan fingerprint density at radius 2 is 1.91 bits per heavy atom. The second-order valence-corrected chi connectivity index (χ2v) is 6.93. The molecule has 126 valence electrons. The van der Waals surface area contributed by atoms with Crippen LogP contribution in [0.4, 0.5) is 0 Å². The van der Waals surface area contributed by atoms with E-state index in [1.165, 1.54) is 0 Å². The lowest BCUT2D eigenvalue weighted by atomic mass is 10.0. The molecule has 1 amide bonds. The molecule has 0 radical (unpaired) electrons. The van der Waals surface area contributed by atoms with Gasteiger partial charge in [-0.25, -0.2) is 0 Å². The summed E-state index contributed by atoms with van der Waals surface area (Å²) in [6, 6.07) is 0.586. The Labute approximate surface area is 138 Å². The maximum absolute atomic E-state index is 11.5. The Bertz CT molecular complexity index is 538. The standard InChI is InChI=1S/C17H27N5O/c1-13-10-20(11-16-9-18-14(2)8-19-16)12-17(13)22-6-4-21(5-7-22)15(3)23/h8-9,13,17H,4-7,10-12H2,1-3H3/t13-,17+/m0/s1. The van der Waals surface area contributed by atoms with Gasteiger partial charge in [0.25, 0.3) is 0 Å². The summed E-state index contributed by atoms with van der Waals surface area (Å²) >= 11 is 0. The van der Waals surface area contributed by atoms with Crippen molar-refractivity contribution >= 4 is 5.91 Å². The van der Waals surface area contributed by atoms with Gasteiger partial charge >= 0.3 is 0 Å². The van der Waals surface area contributed by atoms with Gasteiger partial charge in [0.2, 0.25) is 5.91 Å². The molecular weight excluding hydrogens is 290 g/mol. The van der Waals surface area contributed by atoms with Gasteiger partial charge in [-0.2, -0.15) is 0 Å². The number of hydrogen-bond acceptors (Lipinski definition) is 5. The van der Waals surface area contributed by atoms with E-state index in [2.05, 4.69) is 26.7 Å². The second kappa shape index (κ2) is 6.93. The van der Waals surface area contributed by atoms with Crippen molar-refractivity contribution in [3.05, 3.63) is 23.8 Å². The van der Waals surface area contributed by atoms with Crippen molar-refractivity contribution in [1.82, 2.24) is 24.7 Å². The number of hydrogen-bond donors (Lipinski definition) is 0. The summed E-state index contributed by atoms with van der Waals surface area (Å²) < 4.78 is 0. The molecule has 2 fully saturated rings. The maximum atomic E-state index is 11.5. The maximum Gasteiger partial charge on any atom is 0.219 e. The van der Waals surface area contributed by atoms with E-state index < -0.39 is 0 Å². The molecule has 3 heterocycles. The van der Waals surface area contributed by atoms with Crippen molar-refractivity contribution in [2.75, 3.05) is 39.3 Å². The lowest BCUT2D eigenvalue weighted by molar-refractivity contribution is -0.130. The summed E-state index contributed by atoms with van der Waals surface area (Å²) in [7, 11) is 0. The molecule has 1 aromatic heterocycles. The zero-order valence-electron chi connectivity index (χ0n) is 14.4.